The van der Waals surface area contributed by atoms with Crippen molar-refractivity contribution in [2.45, 2.75) is 25.4 Å². The van der Waals surface area contributed by atoms with Gasteiger partial charge in [0.2, 0.25) is 0 Å². The first-order valence-corrected chi connectivity index (χ1v) is 9.00. The molecule has 3 rings (SSSR count). The minimum Gasteiger partial charge on any atom is -0.504 e. The van der Waals surface area contributed by atoms with E-state index in [1.807, 2.05) is 24.3 Å². The van der Waals surface area contributed by atoms with Crippen molar-refractivity contribution in [3.8, 4) is 11.5 Å². The number of piperidine rings is 1. The van der Waals surface area contributed by atoms with Crippen LogP contribution in [0.1, 0.15) is 24.0 Å². The summed E-state index contributed by atoms with van der Waals surface area (Å²) in [5.74, 6) is 0.630. The Kier molecular flexibility index (Phi) is 5.95. The third kappa shape index (κ3) is 4.74. The van der Waals surface area contributed by atoms with Crippen molar-refractivity contribution in [3.05, 3.63) is 58.6 Å². The number of aromatic hydroxyl groups is 1. The molecule has 0 radical (unpaired) electrons. The summed E-state index contributed by atoms with van der Waals surface area (Å²) >= 11 is 5.94. The highest BCUT2D eigenvalue weighted by Crippen LogP contribution is 2.28. The van der Waals surface area contributed by atoms with E-state index in [2.05, 4.69) is 17.1 Å². The van der Waals surface area contributed by atoms with Gasteiger partial charge in [-0.05, 0) is 24.3 Å². The number of quaternary nitrogens is 1. The van der Waals surface area contributed by atoms with Crippen LogP contribution in [-0.2, 0) is 6.54 Å². The standard InChI is InChI=1S/C20H23ClN2O2/c1-25-19-4-2-3-16(20(19)24)13-22-18-9-11-23(12-10-18)14-15-5-7-17(21)8-6-15/h2-8,13,18,24H,9-12,14H2,1H3/p+1. The fourth-order valence-electron chi connectivity index (χ4n) is 3.22. The summed E-state index contributed by atoms with van der Waals surface area (Å²) in [4.78, 5) is 6.25. The van der Waals surface area contributed by atoms with E-state index in [-0.39, 0.29) is 5.75 Å². The number of hydrogen-bond donors (Lipinski definition) is 2. The van der Waals surface area contributed by atoms with Gasteiger partial charge in [0.25, 0.3) is 0 Å². The Morgan fingerprint density at radius 3 is 2.60 bits per heavy atom. The molecule has 1 saturated heterocycles. The zero-order chi connectivity index (χ0) is 17.6. The summed E-state index contributed by atoms with van der Waals surface area (Å²) in [5, 5.41) is 10.9. The molecule has 1 heterocycles. The Bertz CT molecular complexity index is 723. The smallest absolute Gasteiger partial charge is 0.166 e. The highest BCUT2D eigenvalue weighted by molar-refractivity contribution is 6.30. The third-order valence-corrected chi connectivity index (χ3v) is 4.96. The van der Waals surface area contributed by atoms with Gasteiger partial charge < -0.3 is 14.7 Å². The van der Waals surface area contributed by atoms with Crippen LogP contribution in [0.5, 0.6) is 11.5 Å². The Morgan fingerprint density at radius 2 is 1.92 bits per heavy atom. The number of likely N-dealkylation sites (tertiary alicyclic amines) is 1. The molecule has 0 bridgehead atoms. The second kappa shape index (κ2) is 8.37. The number of nitrogens with one attached hydrogen (secondary N) is 1. The van der Waals surface area contributed by atoms with Crippen molar-refractivity contribution in [1.82, 2.24) is 0 Å². The van der Waals surface area contributed by atoms with Crippen LogP contribution in [0.3, 0.4) is 0 Å². The van der Waals surface area contributed by atoms with E-state index in [4.69, 9.17) is 16.3 Å². The fraction of sp³-hybridized carbons (Fsp3) is 0.350. The molecule has 2 aromatic rings. The van der Waals surface area contributed by atoms with E-state index in [1.165, 1.54) is 5.56 Å². The lowest BCUT2D eigenvalue weighted by molar-refractivity contribution is -0.918. The van der Waals surface area contributed by atoms with E-state index in [1.54, 1.807) is 24.3 Å². The molecule has 1 aliphatic rings. The molecule has 5 heteroatoms. The number of phenols is 1. The second-order valence-electron chi connectivity index (χ2n) is 6.46. The van der Waals surface area contributed by atoms with E-state index in [0.29, 0.717) is 17.4 Å². The topological polar surface area (TPSA) is 46.3 Å². The number of nitrogens with zero attached hydrogens (tertiary/aromatic N) is 1. The third-order valence-electron chi connectivity index (χ3n) is 4.70. The van der Waals surface area contributed by atoms with Gasteiger partial charge in [0.1, 0.15) is 6.54 Å². The van der Waals surface area contributed by atoms with Crippen molar-refractivity contribution in [2.24, 2.45) is 4.99 Å². The van der Waals surface area contributed by atoms with Gasteiger partial charge in [0.15, 0.2) is 11.5 Å². The van der Waals surface area contributed by atoms with Crippen molar-refractivity contribution in [2.75, 3.05) is 20.2 Å². The van der Waals surface area contributed by atoms with Crippen LogP contribution in [-0.4, -0.2) is 37.6 Å². The summed E-state index contributed by atoms with van der Waals surface area (Å²) < 4.78 is 5.13. The zero-order valence-electron chi connectivity index (χ0n) is 14.4. The molecule has 0 saturated carbocycles. The first kappa shape index (κ1) is 17.8. The van der Waals surface area contributed by atoms with Crippen LogP contribution in [0.15, 0.2) is 47.5 Å². The molecule has 25 heavy (non-hydrogen) atoms. The Morgan fingerprint density at radius 1 is 1.20 bits per heavy atom. The predicted octanol–water partition coefficient (Wildman–Crippen LogP) is 2.72. The van der Waals surface area contributed by atoms with Crippen molar-refractivity contribution >= 4 is 17.8 Å². The monoisotopic (exact) mass is 359 g/mol. The van der Waals surface area contributed by atoms with Crippen molar-refractivity contribution in [1.29, 1.82) is 0 Å². The predicted molar refractivity (Wildman–Crippen MR) is 101 cm³/mol. The molecule has 1 aliphatic heterocycles. The maximum atomic E-state index is 10.1. The Hall–Kier alpha value is -2.04. The van der Waals surface area contributed by atoms with Gasteiger partial charge >= 0.3 is 0 Å². The molecule has 0 unspecified atom stereocenters. The number of phenolic OH excluding ortho intramolecular Hbond substituents is 1. The molecule has 0 spiro atoms. The molecule has 0 amide bonds. The first-order valence-electron chi connectivity index (χ1n) is 8.63. The summed E-state index contributed by atoms with van der Waals surface area (Å²) in [7, 11) is 1.55. The maximum Gasteiger partial charge on any atom is 0.166 e. The molecule has 1 fully saturated rings. The lowest BCUT2D eigenvalue weighted by Crippen LogP contribution is -3.12. The van der Waals surface area contributed by atoms with E-state index in [9.17, 15) is 5.11 Å². The normalized spacial score (nSPS) is 20.7. The summed E-state index contributed by atoms with van der Waals surface area (Å²) in [5.41, 5.74) is 2.03. The Labute approximate surface area is 153 Å². The van der Waals surface area contributed by atoms with Crippen LogP contribution in [0.4, 0.5) is 0 Å². The van der Waals surface area contributed by atoms with Gasteiger partial charge in [-0.25, -0.2) is 0 Å². The lowest BCUT2D eigenvalue weighted by atomic mass is 10.0. The SMILES string of the molecule is COc1cccc(C=NC2CC[NH+](Cc3ccc(Cl)cc3)CC2)c1O. The maximum absolute atomic E-state index is 10.1. The highest BCUT2D eigenvalue weighted by atomic mass is 35.5. The quantitative estimate of drug-likeness (QED) is 0.806. The number of aliphatic imine (C=N–C) groups is 1. The van der Waals surface area contributed by atoms with Gasteiger partial charge in [-0.2, -0.15) is 0 Å². The lowest BCUT2D eigenvalue weighted by Gasteiger charge is -2.27. The number of hydrogen-bond acceptors (Lipinski definition) is 3. The van der Waals surface area contributed by atoms with Gasteiger partial charge in [-0.1, -0.05) is 29.8 Å². The minimum absolute atomic E-state index is 0.152. The number of methoxy groups -OCH3 is 1. The van der Waals surface area contributed by atoms with Crippen LogP contribution in [0.2, 0.25) is 5.02 Å². The molecular formula is C20H24ClN2O2+. The van der Waals surface area contributed by atoms with Gasteiger partial charge in [0, 0.05) is 35.2 Å². The molecule has 2 N–H and O–H groups in total. The molecule has 2 aromatic carbocycles. The largest absolute Gasteiger partial charge is 0.504 e. The highest BCUT2D eigenvalue weighted by Gasteiger charge is 2.21. The van der Waals surface area contributed by atoms with Gasteiger partial charge in [0.05, 0.1) is 26.2 Å². The van der Waals surface area contributed by atoms with Crippen molar-refractivity contribution in [3.63, 3.8) is 0 Å². The van der Waals surface area contributed by atoms with Crippen LogP contribution in [0, 0.1) is 0 Å². The minimum atomic E-state index is 0.152. The fourth-order valence-corrected chi connectivity index (χ4v) is 3.35. The summed E-state index contributed by atoms with van der Waals surface area (Å²) in [6.07, 6.45) is 3.89. The van der Waals surface area contributed by atoms with E-state index < -0.39 is 0 Å². The number of benzene rings is 2. The molecular weight excluding hydrogens is 336 g/mol. The molecule has 4 nitrogen and oxygen atoms in total. The first-order chi connectivity index (χ1) is 12.2. The second-order valence-corrected chi connectivity index (χ2v) is 6.90. The number of halogens is 1. The molecule has 0 aromatic heterocycles. The van der Waals surface area contributed by atoms with Gasteiger partial charge in [-0.15, -0.1) is 0 Å². The van der Waals surface area contributed by atoms with E-state index in [0.717, 1.165) is 37.5 Å². The Balaban J connectivity index is 1.53. The van der Waals surface area contributed by atoms with Crippen LogP contribution >= 0.6 is 11.6 Å². The average molecular weight is 360 g/mol. The molecule has 132 valence electrons. The van der Waals surface area contributed by atoms with Crippen molar-refractivity contribution < 1.29 is 14.7 Å². The summed E-state index contributed by atoms with van der Waals surface area (Å²) in [6, 6.07) is 13.9. The summed E-state index contributed by atoms with van der Waals surface area (Å²) in [6.45, 7) is 3.24. The van der Waals surface area contributed by atoms with Crippen LogP contribution in [0.25, 0.3) is 0 Å². The number of rotatable bonds is 5. The average Bonchev–Trinajstić information content (AvgIpc) is 2.64. The number of ether oxygens (including phenoxy) is 1. The molecule has 0 aliphatic carbocycles. The van der Waals surface area contributed by atoms with Gasteiger partial charge in [-0.3, -0.25) is 4.99 Å². The molecule has 0 atom stereocenters. The zero-order valence-corrected chi connectivity index (χ0v) is 15.2. The van der Waals surface area contributed by atoms with E-state index >= 15 is 0 Å². The number of para-hydroxylation sites is 1. The van der Waals surface area contributed by atoms with Crippen LogP contribution < -0.4 is 9.64 Å².